The summed E-state index contributed by atoms with van der Waals surface area (Å²) in [4.78, 5) is 0. The molecule has 0 heterocycles. The summed E-state index contributed by atoms with van der Waals surface area (Å²) in [5.74, 6) is 0. The topological polar surface area (TPSA) is 23.8 Å². The van der Waals surface area contributed by atoms with Crippen molar-refractivity contribution in [1.82, 2.24) is 0 Å². The minimum absolute atomic E-state index is 0.914. The molecule has 0 radical (unpaired) electrons. The molecule has 0 fully saturated rings. The maximum atomic E-state index is 12.8. The molecule has 0 aromatic rings. The predicted molar refractivity (Wildman–Crippen MR) is 32.6 cm³/mol. The third-order valence-corrected chi connectivity index (χ3v) is 1.30. The first-order valence-corrected chi connectivity index (χ1v) is 2.79. The number of nitriles is 1. The van der Waals surface area contributed by atoms with Gasteiger partial charge in [-0.15, -0.1) is 0 Å². The van der Waals surface area contributed by atoms with Crippen molar-refractivity contribution in [2.75, 3.05) is 0 Å². The van der Waals surface area contributed by atoms with Gasteiger partial charge in [-0.3, -0.25) is 0 Å². The zero-order valence-electron chi connectivity index (χ0n) is 5.09. The molecule has 1 nitrogen and oxygen atoms in total. The average molecular weight is 141 g/mol. The highest BCUT2D eigenvalue weighted by Crippen LogP contribution is 2.24. The second kappa shape index (κ2) is 2.22. The van der Waals surface area contributed by atoms with Gasteiger partial charge in [0.05, 0.1) is 0 Å². The molecule has 0 aromatic heterocycles. The van der Waals surface area contributed by atoms with Crippen LogP contribution < -0.4 is 0 Å². The van der Waals surface area contributed by atoms with Crippen LogP contribution in [0.1, 0.15) is 0 Å². The van der Waals surface area contributed by atoms with Gasteiger partial charge >= 0.3 is 0 Å². The third kappa shape index (κ3) is 0.926. The number of alkyl halides is 2. The van der Waals surface area contributed by atoms with Crippen LogP contribution >= 0.6 is 0 Å². The Morgan fingerprint density at radius 1 is 1.50 bits per heavy atom. The number of allylic oxidation sites excluding steroid dienone is 4. The van der Waals surface area contributed by atoms with Crippen molar-refractivity contribution in [2.45, 2.75) is 11.8 Å². The lowest BCUT2D eigenvalue weighted by atomic mass is 9.97. The molecule has 2 atom stereocenters. The monoisotopic (exact) mass is 141 g/mol. The van der Waals surface area contributed by atoms with E-state index >= 15 is 0 Å². The minimum atomic E-state index is -2.45. The van der Waals surface area contributed by atoms with Crippen LogP contribution in [-0.2, 0) is 0 Å². The van der Waals surface area contributed by atoms with Crippen LogP contribution in [0.25, 0.3) is 0 Å². The van der Waals surface area contributed by atoms with Crippen molar-refractivity contribution in [3.63, 3.8) is 0 Å². The Bertz CT molecular complexity index is 226. The number of hydrogen-bond acceptors (Lipinski definition) is 1. The van der Waals surface area contributed by atoms with E-state index in [0.717, 1.165) is 12.2 Å². The highest BCUT2D eigenvalue weighted by Gasteiger charge is 2.36. The maximum Gasteiger partial charge on any atom is 0.248 e. The Morgan fingerprint density at radius 3 is 2.60 bits per heavy atom. The van der Waals surface area contributed by atoms with E-state index < -0.39 is 11.8 Å². The fourth-order valence-corrected chi connectivity index (χ4v) is 0.688. The van der Waals surface area contributed by atoms with Crippen molar-refractivity contribution in [2.24, 2.45) is 0 Å². The van der Waals surface area contributed by atoms with Crippen molar-refractivity contribution < 1.29 is 8.78 Å². The smallest absolute Gasteiger partial charge is 0.238 e. The van der Waals surface area contributed by atoms with E-state index in [9.17, 15) is 8.78 Å². The van der Waals surface area contributed by atoms with Crippen LogP contribution in [-0.4, -0.2) is 11.8 Å². The zero-order chi connectivity index (χ0) is 7.61. The highest BCUT2D eigenvalue weighted by atomic mass is 19.2. The first-order valence-electron chi connectivity index (χ1n) is 2.79. The molecule has 0 aromatic carbocycles. The van der Waals surface area contributed by atoms with Crippen LogP contribution in [0.5, 0.6) is 0 Å². The molecule has 1 aliphatic carbocycles. The van der Waals surface area contributed by atoms with Crippen molar-refractivity contribution >= 4 is 0 Å². The number of hydrogen-bond donors (Lipinski definition) is 0. The summed E-state index contributed by atoms with van der Waals surface area (Å²) in [6.45, 7) is 0. The van der Waals surface area contributed by atoms with Gasteiger partial charge in [-0.25, -0.2) is 8.78 Å². The van der Waals surface area contributed by atoms with E-state index in [1.807, 2.05) is 0 Å². The van der Waals surface area contributed by atoms with Crippen molar-refractivity contribution in [3.05, 3.63) is 24.3 Å². The van der Waals surface area contributed by atoms with Crippen LogP contribution in [0.15, 0.2) is 24.3 Å². The largest absolute Gasteiger partial charge is 0.248 e. The zero-order valence-corrected chi connectivity index (χ0v) is 5.09. The molecule has 2 unspecified atom stereocenters. The summed E-state index contributed by atoms with van der Waals surface area (Å²) in [7, 11) is 0. The Labute approximate surface area is 57.3 Å². The highest BCUT2D eigenvalue weighted by molar-refractivity contribution is 5.30. The van der Waals surface area contributed by atoms with Gasteiger partial charge in [-0.2, -0.15) is 5.26 Å². The second-order valence-corrected chi connectivity index (χ2v) is 2.03. The molecule has 0 aliphatic heterocycles. The summed E-state index contributed by atoms with van der Waals surface area (Å²) < 4.78 is 25.3. The number of nitrogens with zero attached hydrogens (tertiary/aromatic N) is 1. The lowest BCUT2D eigenvalue weighted by Crippen LogP contribution is -2.30. The lowest BCUT2D eigenvalue weighted by Gasteiger charge is -2.16. The molecule has 10 heavy (non-hydrogen) atoms. The quantitative estimate of drug-likeness (QED) is 0.503. The van der Waals surface area contributed by atoms with Gasteiger partial charge in [0, 0.05) is 0 Å². The van der Waals surface area contributed by atoms with Crippen molar-refractivity contribution in [3.8, 4) is 6.07 Å². The van der Waals surface area contributed by atoms with Gasteiger partial charge in [-0.1, -0.05) is 12.2 Å². The maximum absolute atomic E-state index is 12.8. The molecular weight excluding hydrogens is 136 g/mol. The first-order chi connectivity index (χ1) is 4.69. The van der Waals surface area contributed by atoms with E-state index in [1.165, 1.54) is 18.2 Å². The average Bonchev–Trinajstić information content (AvgIpc) is 1.96. The number of halogens is 2. The summed E-state index contributed by atoms with van der Waals surface area (Å²) in [6.07, 6.45) is 2.79. The van der Waals surface area contributed by atoms with Crippen LogP contribution in [0, 0.1) is 11.3 Å². The van der Waals surface area contributed by atoms with Gasteiger partial charge in [0.2, 0.25) is 5.67 Å². The molecule has 1 rings (SSSR count). The van der Waals surface area contributed by atoms with Crippen LogP contribution in [0.2, 0.25) is 0 Å². The molecule has 0 amide bonds. The predicted octanol–water partition coefficient (Wildman–Crippen LogP) is 1.68. The Hall–Kier alpha value is -1.17. The Morgan fingerprint density at radius 2 is 2.20 bits per heavy atom. The number of rotatable bonds is 0. The van der Waals surface area contributed by atoms with Crippen LogP contribution in [0.3, 0.4) is 0 Å². The summed E-state index contributed by atoms with van der Waals surface area (Å²) in [5.41, 5.74) is -2.45. The SMILES string of the molecule is N#CC1(F)C=CC=CC1F. The molecule has 0 bridgehead atoms. The molecule has 3 heteroatoms. The minimum Gasteiger partial charge on any atom is -0.238 e. The fraction of sp³-hybridized carbons (Fsp3) is 0.286. The van der Waals surface area contributed by atoms with Gasteiger partial charge in [0.25, 0.3) is 0 Å². The Kier molecular flexibility index (Phi) is 1.54. The van der Waals surface area contributed by atoms with Gasteiger partial charge < -0.3 is 0 Å². The normalized spacial score (nSPS) is 37.5. The lowest BCUT2D eigenvalue weighted by molar-refractivity contribution is 0.181. The molecule has 0 spiro atoms. The molecule has 0 N–H and O–H groups in total. The second-order valence-electron chi connectivity index (χ2n) is 2.03. The standard InChI is InChI=1S/C7H5F2N/c8-6-3-1-2-4-7(6,9)5-10/h1-4,6H. The fourth-order valence-electron chi connectivity index (χ4n) is 0.688. The van der Waals surface area contributed by atoms with E-state index in [2.05, 4.69) is 0 Å². The molecule has 0 saturated heterocycles. The van der Waals surface area contributed by atoms with E-state index in [4.69, 9.17) is 5.26 Å². The molecule has 1 aliphatic rings. The van der Waals surface area contributed by atoms with Gasteiger partial charge in [0.1, 0.15) is 6.07 Å². The molecule has 52 valence electrons. The summed E-state index contributed by atoms with van der Waals surface area (Å²) in [5, 5.41) is 8.17. The summed E-state index contributed by atoms with van der Waals surface area (Å²) >= 11 is 0. The van der Waals surface area contributed by atoms with Crippen molar-refractivity contribution in [1.29, 1.82) is 5.26 Å². The molecule has 0 saturated carbocycles. The summed E-state index contributed by atoms with van der Waals surface area (Å²) in [6, 6.07) is 1.25. The first kappa shape index (κ1) is 6.94. The van der Waals surface area contributed by atoms with Gasteiger partial charge in [0.15, 0.2) is 6.17 Å². The van der Waals surface area contributed by atoms with E-state index in [-0.39, 0.29) is 0 Å². The van der Waals surface area contributed by atoms with E-state index in [1.54, 1.807) is 0 Å². The van der Waals surface area contributed by atoms with Crippen LogP contribution in [0.4, 0.5) is 8.78 Å². The molecular formula is C7H5F2N. The van der Waals surface area contributed by atoms with E-state index in [0.29, 0.717) is 0 Å². The van der Waals surface area contributed by atoms with Gasteiger partial charge in [-0.05, 0) is 12.2 Å². The Balaban J connectivity index is 2.91. The third-order valence-electron chi connectivity index (χ3n) is 1.30.